The second-order valence-corrected chi connectivity index (χ2v) is 9.22. The van der Waals surface area contributed by atoms with E-state index >= 15 is 0 Å². The van der Waals surface area contributed by atoms with Crippen molar-refractivity contribution in [2.75, 3.05) is 23.7 Å². The van der Waals surface area contributed by atoms with Gasteiger partial charge >= 0.3 is 5.97 Å². The fourth-order valence-electron chi connectivity index (χ4n) is 3.90. The van der Waals surface area contributed by atoms with Crippen LogP contribution < -0.4 is 4.31 Å². The van der Waals surface area contributed by atoms with Gasteiger partial charge in [0.1, 0.15) is 0 Å². The lowest BCUT2D eigenvalue weighted by atomic mass is 10.0. The van der Waals surface area contributed by atoms with Gasteiger partial charge in [0.2, 0.25) is 15.8 Å². The van der Waals surface area contributed by atoms with Crippen LogP contribution in [-0.4, -0.2) is 44.1 Å². The molecule has 8 heteroatoms. The lowest BCUT2D eigenvalue weighted by molar-refractivity contribution is 0.0474. The van der Waals surface area contributed by atoms with Crippen LogP contribution in [0.25, 0.3) is 0 Å². The number of aryl methyl sites for hydroxylation is 2. The Bertz CT molecular complexity index is 1070. The number of nitrogens with zero attached hydrogens (tertiary/aromatic N) is 2. The topological polar surface area (TPSA) is 85.7 Å². The first-order valence-electron chi connectivity index (χ1n) is 9.61. The summed E-state index contributed by atoms with van der Waals surface area (Å²) in [6.07, 6.45) is 2.54. The van der Waals surface area contributed by atoms with Gasteiger partial charge in [-0.25, -0.2) is 13.2 Å². The number of hydrogen-bond acceptors (Lipinski definition) is 5. The molecule has 0 unspecified atom stereocenters. The number of ether oxygens (including phenoxy) is 1. The van der Waals surface area contributed by atoms with Crippen molar-refractivity contribution >= 4 is 27.5 Å². The van der Waals surface area contributed by atoms with Crippen LogP contribution in [0.2, 0.25) is 0 Å². The summed E-state index contributed by atoms with van der Waals surface area (Å²) in [4.78, 5) is 25.0. The summed E-state index contributed by atoms with van der Waals surface area (Å²) in [5.74, 6) is -0.839. The molecule has 0 bridgehead atoms. The van der Waals surface area contributed by atoms with E-state index in [4.69, 9.17) is 4.74 Å². The minimum absolute atomic E-state index is 0.243. The maximum atomic E-state index is 12.5. The molecule has 156 valence electrons. The zero-order chi connectivity index (χ0) is 21.3. The molecule has 0 radical (unpaired) electrons. The first kappa shape index (κ1) is 21.1. The van der Waals surface area contributed by atoms with Gasteiger partial charge in [-0.2, -0.15) is 0 Å². The Morgan fingerprint density at radius 2 is 1.90 bits per heavy atom. The van der Waals surface area contributed by atoms with E-state index in [0.717, 1.165) is 23.5 Å². The molecule has 0 saturated heterocycles. The number of hydrogen-bond donors (Lipinski definition) is 0. The monoisotopic (exact) mass is 418 g/mol. The quantitative estimate of drug-likeness (QED) is 0.532. The molecule has 1 aromatic carbocycles. The van der Waals surface area contributed by atoms with E-state index in [1.807, 2.05) is 31.4 Å². The third-order valence-corrected chi connectivity index (χ3v) is 6.50. The van der Waals surface area contributed by atoms with Crippen molar-refractivity contribution in [1.82, 2.24) is 4.57 Å². The number of benzene rings is 1. The first-order valence-corrected chi connectivity index (χ1v) is 11.5. The number of anilines is 1. The average Bonchev–Trinajstić information content (AvgIpc) is 2.97. The summed E-state index contributed by atoms with van der Waals surface area (Å²) >= 11 is 0. The van der Waals surface area contributed by atoms with Crippen molar-refractivity contribution in [2.24, 2.45) is 0 Å². The van der Waals surface area contributed by atoms with Gasteiger partial charge in [0.05, 0.1) is 17.5 Å². The van der Waals surface area contributed by atoms with Gasteiger partial charge in [-0.3, -0.25) is 9.10 Å². The third kappa shape index (κ3) is 4.22. The molecule has 29 heavy (non-hydrogen) atoms. The lowest BCUT2D eigenvalue weighted by Crippen LogP contribution is -2.34. The Morgan fingerprint density at radius 3 is 2.52 bits per heavy atom. The smallest absolute Gasteiger partial charge is 0.338 e. The van der Waals surface area contributed by atoms with Crippen LogP contribution in [0.1, 0.15) is 51.0 Å². The molecule has 2 aromatic rings. The van der Waals surface area contributed by atoms with Crippen LogP contribution in [0.15, 0.2) is 24.3 Å². The maximum Gasteiger partial charge on any atom is 0.338 e. The van der Waals surface area contributed by atoms with Gasteiger partial charge in [0.15, 0.2) is 6.61 Å². The van der Waals surface area contributed by atoms with Crippen molar-refractivity contribution in [2.45, 2.75) is 40.2 Å². The average molecular weight is 419 g/mol. The Labute approximate surface area is 171 Å². The number of sulfonamides is 1. The van der Waals surface area contributed by atoms with Crippen LogP contribution in [0.5, 0.6) is 0 Å². The zero-order valence-corrected chi connectivity index (χ0v) is 18.0. The van der Waals surface area contributed by atoms with E-state index in [2.05, 4.69) is 0 Å². The minimum Gasteiger partial charge on any atom is -0.454 e. The molecule has 1 aliphatic heterocycles. The van der Waals surface area contributed by atoms with E-state index in [-0.39, 0.29) is 12.4 Å². The molecule has 0 fully saturated rings. The number of esters is 1. The maximum absolute atomic E-state index is 12.5. The van der Waals surface area contributed by atoms with Gasteiger partial charge in [-0.15, -0.1) is 0 Å². The highest BCUT2D eigenvalue weighted by molar-refractivity contribution is 7.92. The minimum atomic E-state index is -3.36. The molecule has 1 aromatic heterocycles. The second kappa shape index (κ2) is 8.02. The first-order chi connectivity index (χ1) is 13.6. The standard InChI is InChI=1S/C21H26N2O5S/c1-5-22-14(2)11-18(15(22)3)20(24)13-28-21(25)17-8-9-19-16(12-17)7-6-10-23(19)29(4,26)27/h8-9,11-12H,5-7,10,13H2,1-4H3. The third-order valence-electron chi connectivity index (χ3n) is 5.32. The van der Waals surface area contributed by atoms with Crippen molar-refractivity contribution in [1.29, 1.82) is 0 Å². The van der Waals surface area contributed by atoms with Crippen molar-refractivity contribution in [3.8, 4) is 0 Å². The van der Waals surface area contributed by atoms with Crippen LogP contribution in [0.3, 0.4) is 0 Å². The van der Waals surface area contributed by atoms with E-state index < -0.39 is 16.0 Å². The highest BCUT2D eigenvalue weighted by Crippen LogP contribution is 2.30. The molecule has 1 aliphatic rings. The Morgan fingerprint density at radius 1 is 1.17 bits per heavy atom. The van der Waals surface area contributed by atoms with Crippen LogP contribution in [-0.2, 0) is 27.7 Å². The Balaban J connectivity index is 1.73. The van der Waals surface area contributed by atoms with Crippen molar-refractivity contribution < 1.29 is 22.7 Å². The van der Waals surface area contributed by atoms with Gasteiger partial charge in [-0.05, 0) is 63.4 Å². The predicted octanol–water partition coefficient (Wildman–Crippen LogP) is 2.88. The lowest BCUT2D eigenvalue weighted by Gasteiger charge is -2.29. The fourth-order valence-corrected chi connectivity index (χ4v) is 4.89. The number of rotatable bonds is 6. The molecule has 3 rings (SSSR count). The summed E-state index contributed by atoms with van der Waals surface area (Å²) in [5, 5.41) is 0. The highest BCUT2D eigenvalue weighted by atomic mass is 32.2. The Kier molecular flexibility index (Phi) is 5.84. The largest absolute Gasteiger partial charge is 0.454 e. The van der Waals surface area contributed by atoms with Gasteiger partial charge < -0.3 is 9.30 Å². The molecule has 0 aliphatic carbocycles. The van der Waals surface area contributed by atoms with E-state index in [9.17, 15) is 18.0 Å². The number of Topliss-reactive ketones (excluding diaryl/α,β-unsaturated/α-hetero) is 1. The SMILES string of the molecule is CCn1c(C)cc(C(=O)COC(=O)c2ccc3c(c2)CCCN3S(C)(=O)=O)c1C. The van der Waals surface area contributed by atoms with Crippen LogP contribution in [0, 0.1) is 13.8 Å². The van der Waals surface area contributed by atoms with E-state index in [1.165, 1.54) is 16.6 Å². The molecule has 0 saturated carbocycles. The summed E-state index contributed by atoms with van der Waals surface area (Å²) in [6, 6.07) is 6.64. The summed E-state index contributed by atoms with van der Waals surface area (Å²) < 4.78 is 32.5. The van der Waals surface area contributed by atoms with Crippen molar-refractivity contribution in [3.05, 3.63) is 52.3 Å². The summed E-state index contributed by atoms with van der Waals surface area (Å²) in [6.45, 7) is 6.69. The van der Waals surface area contributed by atoms with Gasteiger partial charge in [0.25, 0.3) is 0 Å². The number of aromatic nitrogens is 1. The van der Waals surface area contributed by atoms with Crippen LogP contribution >= 0.6 is 0 Å². The Hall–Kier alpha value is -2.61. The molecular formula is C21H26N2O5S. The molecule has 7 nitrogen and oxygen atoms in total. The van der Waals surface area contributed by atoms with E-state index in [1.54, 1.807) is 12.1 Å². The summed E-state index contributed by atoms with van der Waals surface area (Å²) in [7, 11) is -3.36. The highest BCUT2D eigenvalue weighted by Gasteiger charge is 2.25. The van der Waals surface area contributed by atoms with Crippen LogP contribution in [0.4, 0.5) is 5.69 Å². The fraction of sp³-hybridized carbons (Fsp3) is 0.429. The molecule has 0 atom stereocenters. The number of carbonyl (C=O) groups excluding carboxylic acids is 2. The zero-order valence-electron chi connectivity index (χ0n) is 17.2. The van der Waals surface area contributed by atoms with Gasteiger partial charge in [-0.1, -0.05) is 0 Å². The molecule has 0 spiro atoms. The number of carbonyl (C=O) groups is 2. The molecule has 0 N–H and O–H groups in total. The van der Waals surface area contributed by atoms with E-state index in [0.29, 0.717) is 36.2 Å². The van der Waals surface area contributed by atoms with Crippen molar-refractivity contribution in [3.63, 3.8) is 0 Å². The molecular weight excluding hydrogens is 392 g/mol. The summed E-state index contributed by atoms with van der Waals surface area (Å²) in [5.41, 5.74) is 4.11. The second-order valence-electron chi connectivity index (χ2n) is 7.31. The van der Waals surface area contributed by atoms with Gasteiger partial charge in [0, 0.05) is 30.0 Å². The normalized spacial score (nSPS) is 13.9. The number of ketones is 1. The molecule has 2 heterocycles. The molecule has 0 amide bonds. The predicted molar refractivity (Wildman–Crippen MR) is 111 cm³/mol. The number of fused-ring (bicyclic) bond motifs is 1.